The van der Waals surface area contributed by atoms with Crippen LogP contribution in [0, 0.1) is 6.92 Å². The van der Waals surface area contributed by atoms with Gasteiger partial charge in [0, 0.05) is 30.4 Å². The second-order valence-electron chi connectivity index (χ2n) is 6.62. The van der Waals surface area contributed by atoms with E-state index in [0.29, 0.717) is 6.54 Å². The van der Waals surface area contributed by atoms with Gasteiger partial charge < -0.3 is 15.4 Å². The summed E-state index contributed by atoms with van der Waals surface area (Å²) in [6.45, 7) is 11.1. The van der Waals surface area contributed by atoms with Gasteiger partial charge in [-0.3, -0.25) is 5.10 Å². The number of carbonyl (C=O) groups is 1. The molecule has 126 valence electrons. The van der Waals surface area contributed by atoms with Crippen molar-refractivity contribution < 1.29 is 9.53 Å². The third-order valence-electron chi connectivity index (χ3n) is 3.31. The lowest BCUT2D eigenvalue weighted by Gasteiger charge is -2.22. The van der Waals surface area contributed by atoms with Crippen LogP contribution in [0.25, 0.3) is 0 Å². The number of aromatic amines is 1. The summed E-state index contributed by atoms with van der Waals surface area (Å²) in [5.74, 6) is 0. The molecule has 1 amide bonds. The van der Waals surface area contributed by atoms with Crippen LogP contribution in [0.4, 0.5) is 4.79 Å². The number of nitrogens with one attached hydrogen (secondary N) is 3. The van der Waals surface area contributed by atoms with Crippen LogP contribution < -0.4 is 10.6 Å². The monoisotopic (exact) mass is 310 g/mol. The van der Waals surface area contributed by atoms with Crippen LogP contribution in [-0.4, -0.2) is 34.5 Å². The molecule has 6 heteroatoms. The molecule has 0 aromatic carbocycles. The van der Waals surface area contributed by atoms with E-state index < -0.39 is 5.60 Å². The Morgan fingerprint density at radius 1 is 1.45 bits per heavy atom. The van der Waals surface area contributed by atoms with Crippen LogP contribution in [0.15, 0.2) is 6.20 Å². The Bertz CT molecular complexity index is 451. The molecular formula is C16H30N4O2. The number of aryl methyl sites for hydroxylation is 1. The molecule has 1 aromatic heterocycles. The molecule has 1 atom stereocenters. The van der Waals surface area contributed by atoms with Gasteiger partial charge in [-0.05, 0) is 34.1 Å². The number of amides is 1. The predicted octanol–water partition coefficient (Wildman–Crippen LogP) is 2.89. The van der Waals surface area contributed by atoms with Gasteiger partial charge >= 0.3 is 6.09 Å². The summed E-state index contributed by atoms with van der Waals surface area (Å²) in [7, 11) is 0. The van der Waals surface area contributed by atoms with Crippen LogP contribution in [0.5, 0.6) is 0 Å². The second kappa shape index (κ2) is 8.78. The quantitative estimate of drug-likeness (QED) is 0.690. The highest BCUT2D eigenvalue weighted by Crippen LogP contribution is 2.08. The van der Waals surface area contributed by atoms with Crippen molar-refractivity contribution in [2.75, 3.05) is 6.54 Å². The number of unbranched alkanes of at least 4 members (excludes halogenated alkanes) is 1. The lowest BCUT2D eigenvalue weighted by molar-refractivity contribution is 0.0521. The van der Waals surface area contributed by atoms with E-state index >= 15 is 0 Å². The Morgan fingerprint density at radius 2 is 2.18 bits per heavy atom. The molecule has 1 aromatic rings. The van der Waals surface area contributed by atoms with E-state index in [4.69, 9.17) is 4.74 Å². The second-order valence-corrected chi connectivity index (χ2v) is 6.62. The van der Waals surface area contributed by atoms with Gasteiger partial charge in [0.15, 0.2) is 0 Å². The lowest BCUT2D eigenvalue weighted by Crippen LogP contribution is -2.42. The molecule has 0 aliphatic rings. The van der Waals surface area contributed by atoms with E-state index in [1.165, 1.54) is 0 Å². The Balaban J connectivity index is 2.43. The molecule has 0 saturated heterocycles. The molecule has 3 N–H and O–H groups in total. The first-order valence-electron chi connectivity index (χ1n) is 8.01. The Labute approximate surface area is 133 Å². The van der Waals surface area contributed by atoms with Crippen molar-refractivity contribution in [1.82, 2.24) is 20.8 Å². The largest absolute Gasteiger partial charge is 0.444 e. The van der Waals surface area contributed by atoms with Crippen LogP contribution in [0.2, 0.25) is 0 Å². The van der Waals surface area contributed by atoms with Crippen molar-refractivity contribution in [3.8, 4) is 0 Å². The molecule has 0 saturated carbocycles. The van der Waals surface area contributed by atoms with Crippen molar-refractivity contribution in [2.24, 2.45) is 0 Å². The minimum atomic E-state index is -0.468. The van der Waals surface area contributed by atoms with Crippen molar-refractivity contribution in [3.63, 3.8) is 0 Å². The third-order valence-corrected chi connectivity index (χ3v) is 3.31. The Morgan fingerprint density at radius 3 is 2.73 bits per heavy atom. The normalized spacial score (nSPS) is 13.0. The van der Waals surface area contributed by atoms with Gasteiger partial charge in [0.25, 0.3) is 0 Å². The zero-order chi connectivity index (χ0) is 16.6. The Kier molecular flexibility index (Phi) is 7.38. The standard InChI is InChI=1S/C16H30N4O2/c1-6-7-8-14(11-18-15(21)22-16(3,4)5)17-9-13-10-19-20-12(13)2/h10,14,17H,6-9,11H2,1-5H3,(H,18,21)(H,19,20). The molecular weight excluding hydrogens is 280 g/mol. The SMILES string of the molecule is CCCCC(CNC(=O)OC(C)(C)C)NCc1cn[nH]c1C. The fourth-order valence-corrected chi connectivity index (χ4v) is 2.06. The molecule has 6 nitrogen and oxygen atoms in total. The van der Waals surface area contributed by atoms with Crippen molar-refractivity contribution in [1.29, 1.82) is 0 Å². The zero-order valence-electron chi connectivity index (χ0n) is 14.5. The van der Waals surface area contributed by atoms with E-state index in [1.54, 1.807) is 0 Å². The van der Waals surface area contributed by atoms with Gasteiger partial charge in [-0.2, -0.15) is 5.10 Å². The minimum absolute atomic E-state index is 0.224. The predicted molar refractivity (Wildman–Crippen MR) is 87.7 cm³/mol. The van der Waals surface area contributed by atoms with Crippen LogP contribution >= 0.6 is 0 Å². The molecule has 22 heavy (non-hydrogen) atoms. The summed E-state index contributed by atoms with van der Waals surface area (Å²) < 4.78 is 5.27. The van der Waals surface area contributed by atoms with Crippen LogP contribution in [0.1, 0.15) is 58.2 Å². The molecule has 0 fully saturated rings. The number of hydrogen-bond donors (Lipinski definition) is 3. The maximum absolute atomic E-state index is 11.7. The number of nitrogens with zero attached hydrogens (tertiary/aromatic N) is 1. The first-order valence-corrected chi connectivity index (χ1v) is 8.01. The number of alkyl carbamates (subject to hydrolysis) is 1. The smallest absolute Gasteiger partial charge is 0.407 e. The number of rotatable bonds is 8. The van der Waals surface area contributed by atoms with Crippen LogP contribution in [0.3, 0.4) is 0 Å². The third kappa shape index (κ3) is 7.45. The van der Waals surface area contributed by atoms with Gasteiger partial charge in [0.1, 0.15) is 5.60 Å². The molecule has 0 radical (unpaired) electrons. The fraction of sp³-hybridized carbons (Fsp3) is 0.750. The molecule has 0 aliphatic heterocycles. The Hall–Kier alpha value is -1.56. The summed E-state index contributed by atoms with van der Waals surface area (Å²) >= 11 is 0. The highest BCUT2D eigenvalue weighted by Gasteiger charge is 2.17. The van der Waals surface area contributed by atoms with Gasteiger partial charge in [-0.25, -0.2) is 4.79 Å². The molecule has 0 aliphatic carbocycles. The maximum Gasteiger partial charge on any atom is 0.407 e. The maximum atomic E-state index is 11.7. The molecule has 1 rings (SSSR count). The topological polar surface area (TPSA) is 79.0 Å². The van der Waals surface area contributed by atoms with Crippen molar-refractivity contribution in [3.05, 3.63) is 17.5 Å². The number of H-pyrrole nitrogens is 1. The molecule has 1 heterocycles. The van der Waals surface area contributed by atoms with E-state index in [2.05, 4.69) is 27.8 Å². The summed E-state index contributed by atoms with van der Waals surface area (Å²) in [4.78, 5) is 11.7. The highest BCUT2D eigenvalue weighted by molar-refractivity contribution is 5.67. The fourth-order valence-electron chi connectivity index (χ4n) is 2.06. The molecule has 0 bridgehead atoms. The highest BCUT2D eigenvalue weighted by atomic mass is 16.6. The zero-order valence-corrected chi connectivity index (χ0v) is 14.5. The molecule has 0 spiro atoms. The number of carbonyl (C=O) groups excluding carboxylic acids is 1. The van der Waals surface area contributed by atoms with Crippen LogP contribution in [-0.2, 0) is 11.3 Å². The van der Waals surface area contributed by atoms with E-state index in [1.807, 2.05) is 33.9 Å². The van der Waals surface area contributed by atoms with E-state index in [9.17, 15) is 4.79 Å². The lowest BCUT2D eigenvalue weighted by atomic mass is 10.1. The minimum Gasteiger partial charge on any atom is -0.444 e. The van der Waals surface area contributed by atoms with E-state index in [0.717, 1.165) is 37.1 Å². The van der Waals surface area contributed by atoms with Gasteiger partial charge in [0.2, 0.25) is 0 Å². The van der Waals surface area contributed by atoms with Crippen molar-refractivity contribution in [2.45, 2.75) is 72.1 Å². The summed E-state index contributed by atoms with van der Waals surface area (Å²) in [5.41, 5.74) is 1.75. The first kappa shape index (κ1) is 18.5. The summed E-state index contributed by atoms with van der Waals surface area (Å²) in [5, 5.41) is 13.3. The molecule has 1 unspecified atom stereocenters. The van der Waals surface area contributed by atoms with Crippen molar-refractivity contribution >= 4 is 6.09 Å². The van der Waals surface area contributed by atoms with Gasteiger partial charge in [-0.1, -0.05) is 19.8 Å². The van der Waals surface area contributed by atoms with Gasteiger partial charge in [0.05, 0.1) is 6.20 Å². The average Bonchev–Trinajstić information content (AvgIpc) is 2.81. The van der Waals surface area contributed by atoms with E-state index in [-0.39, 0.29) is 12.1 Å². The first-order chi connectivity index (χ1) is 10.3. The number of hydrogen-bond acceptors (Lipinski definition) is 4. The van der Waals surface area contributed by atoms with Gasteiger partial charge in [-0.15, -0.1) is 0 Å². The number of ether oxygens (including phenoxy) is 1. The number of aromatic nitrogens is 2. The summed E-state index contributed by atoms with van der Waals surface area (Å²) in [6.07, 6.45) is 4.74. The average molecular weight is 310 g/mol. The summed E-state index contributed by atoms with van der Waals surface area (Å²) in [6, 6.07) is 0.224.